The number of hydrogen-bond acceptors (Lipinski definition) is 18. The molecule has 0 spiro atoms. The average Bonchev–Trinajstić information content (AvgIpc) is 1.65. The summed E-state index contributed by atoms with van der Waals surface area (Å²) < 4.78 is 29.0. The summed E-state index contributed by atoms with van der Waals surface area (Å²) in [5, 5.41) is 18.0. The second kappa shape index (κ2) is 57.2. The fraction of sp³-hybridized carbons (Fsp3) is 0.758. The molecule has 0 aliphatic heterocycles. The van der Waals surface area contributed by atoms with Gasteiger partial charge < -0.3 is 55.6 Å². The van der Waals surface area contributed by atoms with Crippen molar-refractivity contribution < 1.29 is 76.4 Å². The Morgan fingerprint density at radius 1 is 0.419 bits per heavy atom. The van der Waals surface area contributed by atoms with Crippen molar-refractivity contribution in [3.05, 3.63) is 65.2 Å². The smallest absolute Gasteiger partial charge is 0.328 e. The number of rotatable bonds is 64. The van der Waals surface area contributed by atoms with Crippen LogP contribution < -0.4 is 36.6 Å². The number of amides is 4. The fourth-order valence-corrected chi connectivity index (χ4v) is 17.4. The van der Waals surface area contributed by atoms with Gasteiger partial charge in [-0.05, 0) is 232 Å². The largest absolute Gasteiger partial charge is 0.465 e. The number of Topliss-reactive ketones (excluding diaryl/α,β-unsaturated/α-hetero) is 2. The third-order valence-corrected chi connectivity index (χ3v) is 24.0. The Morgan fingerprint density at radius 2 is 0.855 bits per heavy atom. The Hall–Kier alpha value is -7.07. The van der Waals surface area contributed by atoms with Gasteiger partial charge in [-0.3, -0.25) is 33.6 Å². The Morgan fingerprint density at radius 3 is 1.36 bits per heavy atom. The van der Waals surface area contributed by atoms with E-state index >= 15 is 0 Å². The van der Waals surface area contributed by atoms with E-state index in [1.54, 1.807) is 14.1 Å². The Labute approximate surface area is 702 Å². The minimum atomic E-state index is -0.815. The topological polar surface area (TPSA) is 306 Å². The number of ketones is 2. The van der Waals surface area contributed by atoms with E-state index in [9.17, 15) is 52.7 Å². The number of carbonyl (C=O) groups is 11. The summed E-state index contributed by atoms with van der Waals surface area (Å²) in [4.78, 5) is 143. The molecule has 22 heteroatoms. The molecule has 660 valence electrons. The molecule has 6 N–H and O–H groups in total. The van der Waals surface area contributed by atoms with E-state index < -0.39 is 30.1 Å². The van der Waals surface area contributed by atoms with Crippen molar-refractivity contribution in [3.8, 4) is 5.75 Å². The molecule has 3 aliphatic carbocycles. The summed E-state index contributed by atoms with van der Waals surface area (Å²) in [6, 6.07) is 12.7. The van der Waals surface area contributed by atoms with Gasteiger partial charge in [-0.1, -0.05) is 176 Å². The third kappa shape index (κ3) is 40.2. The predicted octanol–water partition coefficient (Wildman–Crippen LogP) is 17.1. The number of likely N-dealkylation sites (N-methyl/N-ethyl adjacent to an activating group) is 2. The minimum absolute atomic E-state index is 0.0292. The molecule has 117 heavy (non-hydrogen) atoms. The molecule has 4 amide bonds. The van der Waals surface area contributed by atoms with Crippen LogP contribution in [0.1, 0.15) is 355 Å². The number of benzene rings is 2. The number of hydrogen-bond donors (Lipinski definition) is 6. The molecule has 2 aromatic rings. The number of nitrogens with one attached hydrogen (secondary N) is 6. The van der Waals surface area contributed by atoms with Crippen molar-refractivity contribution >= 4 is 65.0 Å². The monoisotopic (exact) mass is 1640 g/mol. The van der Waals surface area contributed by atoms with Crippen LogP contribution in [0.3, 0.4) is 0 Å². The lowest BCUT2D eigenvalue weighted by Gasteiger charge is -2.50. The molecule has 0 saturated heterocycles. The van der Waals surface area contributed by atoms with Crippen LogP contribution in [0.25, 0.3) is 0 Å². The van der Waals surface area contributed by atoms with E-state index in [2.05, 4.69) is 92.5 Å². The number of unbranched alkanes of at least 4 members (excludes halogenated alkanes) is 19. The molecule has 2 fully saturated rings. The van der Waals surface area contributed by atoms with Gasteiger partial charge in [0.05, 0.1) is 13.2 Å². The molecular formula is C95H154N6O16. The lowest BCUT2D eigenvalue weighted by Crippen LogP contribution is -2.48. The van der Waals surface area contributed by atoms with Crippen LogP contribution in [0.4, 0.5) is 0 Å². The second-order valence-corrected chi connectivity index (χ2v) is 35.9. The summed E-state index contributed by atoms with van der Waals surface area (Å²) in [5.74, 6) is 1.08. The number of fused-ring (bicyclic) bond motifs is 5. The highest BCUT2D eigenvalue weighted by molar-refractivity contribution is 5.87. The van der Waals surface area contributed by atoms with Crippen molar-refractivity contribution in [2.45, 2.75) is 387 Å². The highest BCUT2D eigenvalue weighted by Gasteiger charge is 2.56. The van der Waals surface area contributed by atoms with E-state index in [0.717, 1.165) is 166 Å². The first-order valence-corrected chi connectivity index (χ1v) is 45.8. The van der Waals surface area contributed by atoms with Crippen molar-refractivity contribution in [2.75, 3.05) is 33.9 Å². The second-order valence-electron chi connectivity index (χ2n) is 35.9. The summed E-state index contributed by atoms with van der Waals surface area (Å²) in [7, 11) is 3.56. The normalized spacial score (nSPS) is 18.1. The lowest BCUT2D eigenvalue weighted by atomic mass is 9.55. The molecule has 5 rings (SSSR count). The van der Waals surface area contributed by atoms with Crippen molar-refractivity contribution in [2.24, 2.45) is 40.9 Å². The number of ether oxygens (including phenoxy) is 5. The first-order valence-electron chi connectivity index (χ1n) is 45.8. The van der Waals surface area contributed by atoms with Gasteiger partial charge >= 0.3 is 29.8 Å². The van der Waals surface area contributed by atoms with E-state index in [-0.39, 0.29) is 121 Å². The summed E-state index contributed by atoms with van der Waals surface area (Å²) >= 11 is 0. The van der Waals surface area contributed by atoms with Crippen LogP contribution in [0, 0.1) is 40.9 Å². The van der Waals surface area contributed by atoms with Crippen LogP contribution in [-0.4, -0.2) is 135 Å². The molecule has 10 atom stereocenters. The van der Waals surface area contributed by atoms with Crippen molar-refractivity contribution in [1.82, 2.24) is 31.9 Å². The third-order valence-electron chi connectivity index (χ3n) is 24.0. The van der Waals surface area contributed by atoms with Gasteiger partial charge in [0, 0.05) is 63.3 Å². The fourth-order valence-electron chi connectivity index (χ4n) is 17.4. The molecular weight excluding hydrogens is 1480 g/mol. The van der Waals surface area contributed by atoms with Crippen LogP contribution in [0.5, 0.6) is 5.75 Å². The van der Waals surface area contributed by atoms with Crippen LogP contribution in [0.15, 0.2) is 48.5 Å². The standard InChI is InChI=1S/C95H154N6O16/c1-67(2)61-81(96-10)91(109)113-59-37-24-25-38-60-114-92(110)83(63-69(5)6)100-88(106)46-33-23-17-16-20-31-44-86(104)98-58-36-35-43-80(90(108)115-66-71-39-27-26-28-40-71)99-87(105)45-32-21-14-12-18-29-41-73(102)49-50-74(103)42-30-19-13-15-22-34-47-89(107)101-84(64-70(7)8)94(112)117-85-55-54-79-78-52-48-72-65-75(116-93(111)82(97-11)62-68(3)4)51-53-76(72)77(78)56-57-95(79,85)9/h26-28,39-40,51,53,65,67-70,77-85,96-97H,12-25,29-38,41-50,52,54-64,66H2,1-11H3,(H,98,104)(H,99,105)(H,100,106)(H,101,107)/t77?,78?,79?,80?,81-,82-,83+,84+,85-,95-/m0/s1. The zero-order chi connectivity index (χ0) is 85.3. The maximum absolute atomic E-state index is 14.0. The molecule has 2 saturated carbocycles. The minimum Gasteiger partial charge on any atom is -0.465 e. The van der Waals surface area contributed by atoms with Gasteiger partial charge in [-0.15, -0.1) is 0 Å². The molecule has 0 radical (unpaired) electrons. The first kappa shape index (κ1) is 100. The molecule has 0 bridgehead atoms. The quantitative estimate of drug-likeness (QED) is 0.0155. The molecule has 3 aliphatic rings. The predicted molar refractivity (Wildman–Crippen MR) is 459 cm³/mol. The van der Waals surface area contributed by atoms with Gasteiger partial charge in [0.25, 0.3) is 0 Å². The molecule has 0 heterocycles. The number of esters is 5. The number of aryl methyl sites for hydroxylation is 1. The molecule has 2 aromatic carbocycles. The SMILES string of the molecule is CN[C@@H](CC(C)C)C(=O)OCCCCCCOC(=O)[C@@H](CC(C)C)NC(=O)CCCCCCCCC(=O)NCCCCC(NC(=O)CCCCCCCCC(=O)CCC(=O)CCCCCCCCC(=O)N[C@H](CC(C)C)C(=O)O[C@H]1CCC2C3CCc4cc(OC(=O)[C@H](CC(C)C)NC)ccc4C3CC[C@@]21C)C(=O)OCc1ccccc1. The van der Waals surface area contributed by atoms with E-state index in [1.807, 2.05) is 50.2 Å². The van der Waals surface area contributed by atoms with Gasteiger partial charge in [-0.2, -0.15) is 0 Å². The van der Waals surface area contributed by atoms with Crippen molar-refractivity contribution in [3.63, 3.8) is 0 Å². The van der Waals surface area contributed by atoms with E-state index in [1.165, 1.54) is 11.1 Å². The highest BCUT2D eigenvalue weighted by atomic mass is 16.6. The van der Waals surface area contributed by atoms with Gasteiger partial charge in [-0.25, -0.2) is 19.2 Å². The molecule has 4 unspecified atom stereocenters. The van der Waals surface area contributed by atoms with E-state index in [4.69, 9.17) is 23.7 Å². The van der Waals surface area contributed by atoms with E-state index in [0.29, 0.717) is 145 Å². The zero-order valence-corrected chi connectivity index (χ0v) is 73.9. The molecule has 0 aromatic heterocycles. The van der Waals surface area contributed by atoms with Crippen LogP contribution >= 0.6 is 0 Å². The molecule has 22 nitrogen and oxygen atoms in total. The van der Waals surface area contributed by atoms with Gasteiger partial charge in [0.1, 0.15) is 60.2 Å². The highest BCUT2D eigenvalue weighted by Crippen LogP contribution is 2.62. The Balaban J connectivity index is 0.843. The Kier molecular flexibility index (Phi) is 49.1. The first-order chi connectivity index (χ1) is 56.2. The average molecular weight is 1640 g/mol. The maximum Gasteiger partial charge on any atom is 0.328 e. The summed E-state index contributed by atoms with van der Waals surface area (Å²) in [6.45, 7) is 20.0. The maximum atomic E-state index is 14.0. The summed E-state index contributed by atoms with van der Waals surface area (Å²) in [5.41, 5.74) is 3.35. The Bertz CT molecular complexity index is 3290. The van der Waals surface area contributed by atoms with Crippen LogP contribution in [-0.2, 0) is 84.7 Å². The van der Waals surface area contributed by atoms with Crippen LogP contribution in [0.2, 0.25) is 0 Å². The number of carbonyl (C=O) groups excluding carboxylic acids is 11. The van der Waals surface area contributed by atoms with Crippen molar-refractivity contribution in [1.29, 1.82) is 0 Å². The lowest BCUT2D eigenvalue weighted by molar-refractivity contribution is -0.161. The van der Waals surface area contributed by atoms with Gasteiger partial charge in [0.15, 0.2) is 0 Å². The van der Waals surface area contributed by atoms with Gasteiger partial charge in [0.2, 0.25) is 23.6 Å². The zero-order valence-electron chi connectivity index (χ0n) is 73.9. The summed E-state index contributed by atoms with van der Waals surface area (Å²) in [6.07, 6.45) is 30.8.